The summed E-state index contributed by atoms with van der Waals surface area (Å²) in [5.74, 6) is 5.38. The summed E-state index contributed by atoms with van der Waals surface area (Å²) < 4.78 is 1.18. The minimum Gasteiger partial charge on any atom is -0.271 e. The first-order valence-electron chi connectivity index (χ1n) is 3.96. The molecule has 0 spiro atoms. The molecule has 0 aliphatic rings. The van der Waals surface area contributed by atoms with Gasteiger partial charge < -0.3 is 0 Å². The van der Waals surface area contributed by atoms with E-state index in [0.29, 0.717) is 6.04 Å². The highest BCUT2D eigenvalue weighted by Gasteiger charge is 2.06. The van der Waals surface area contributed by atoms with Crippen LogP contribution in [-0.4, -0.2) is 6.04 Å². The number of nitrogens with one attached hydrogen (secondary N) is 1. The molecule has 0 aliphatic heterocycles. The van der Waals surface area contributed by atoms with Crippen molar-refractivity contribution in [1.29, 1.82) is 0 Å². The fraction of sp³-hybridized carbons (Fsp3) is 0.500. The number of thiophene rings is 1. The average molecular weight is 249 g/mol. The number of hydrogen-bond donors (Lipinski definition) is 2. The van der Waals surface area contributed by atoms with Crippen molar-refractivity contribution in [3.8, 4) is 0 Å². The number of rotatable bonds is 4. The molecule has 2 nitrogen and oxygen atoms in total. The van der Waals surface area contributed by atoms with Gasteiger partial charge in [-0.3, -0.25) is 11.3 Å². The van der Waals surface area contributed by atoms with Gasteiger partial charge in [-0.05, 0) is 40.9 Å². The largest absolute Gasteiger partial charge is 0.271 e. The molecule has 0 saturated heterocycles. The maximum absolute atomic E-state index is 5.38. The molecule has 0 aromatic carbocycles. The molecule has 1 heterocycles. The molecule has 0 radical (unpaired) electrons. The van der Waals surface area contributed by atoms with Crippen LogP contribution < -0.4 is 11.3 Å². The van der Waals surface area contributed by atoms with Crippen LogP contribution in [0.3, 0.4) is 0 Å². The average Bonchev–Trinajstić information content (AvgIpc) is 2.47. The minimum absolute atomic E-state index is 0.399. The van der Waals surface area contributed by atoms with Gasteiger partial charge in [-0.1, -0.05) is 6.92 Å². The molecule has 0 fully saturated rings. The zero-order valence-electron chi connectivity index (χ0n) is 7.01. The fourth-order valence-corrected chi connectivity index (χ4v) is 2.59. The van der Waals surface area contributed by atoms with Crippen LogP contribution >= 0.6 is 27.3 Å². The van der Waals surface area contributed by atoms with Gasteiger partial charge in [0.15, 0.2) is 0 Å². The fourth-order valence-electron chi connectivity index (χ4n) is 1.03. The Bertz CT molecular complexity index is 233. The van der Waals surface area contributed by atoms with E-state index in [2.05, 4.69) is 40.4 Å². The van der Waals surface area contributed by atoms with Crippen LogP contribution in [0.25, 0.3) is 0 Å². The summed E-state index contributed by atoms with van der Waals surface area (Å²) >= 11 is 5.20. The van der Waals surface area contributed by atoms with Gasteiger partial charge in [0.05, 0.1) is 3.79 Å². The highest BCUT2D eigenvalue weighted by Crippen LogP contribution is 2.23. The Kier molecular flexibility index (Phi) is 4.21. The molecular weight excluding hydrogens is 236 g/mol. The second kappa shape index (κ2) is 4.97. The number of nitrogens with two attached hydrogens (primary N) is 1. The zero-order chi connectivity index (χ0) is 8.97. The van der Waals surface area contributed by atoms with Crippen LogP contribution in [0.5, 0.6) is 0 Å². The molecule has 1 unspecified atom stereocenters. The molecule has 0 saturated carbocycles. The topological polar surface area (TPSA) is 38.0 Å². The lowest BCUT2D eigenvalue weighted by molar-refractivity contribution is 0.514. The summed E-state index contributed by atoms with van der Waals surface area (Å²) in [5.41, 5.74) is 2.80. The van der Waals surface area contributed by atoms with Gasteiger partial charge in [-0.2, -0.15) is 0 Å². The van der Waals surface area contributed by atoms with Gasteiger partial charge >= 0.3 is 0 Å². The first-order valence-corrected chi connectivity index (χ1v) is 5.57. The molecule has 1 aromatic rings. The Hall–Kier alpha value is 0.1000. The monoisotopic (exact) mass is 248 g/mol. The van der Waals surface area contributed by atoms with Gasteiger partial charge in [0.25, 0.3) is 0 Å². The van der Waals surface area contributed by atoms with Crippen molar-refractivity contribution in [1.82, 2.24) is 5.43 Å². The molecule has 0 amide bonds. The Morgan fingerprint density at radius 3 is 2.83 bits per heavy atom. The number of hydrazine groups is 1. The third-order valence-electron chi connectivity index (χ3n) is 1.80. The maximum Gasteiger partial charge on any atom is 0.0701 e. The van der Waals surface area contributed by atoms with Crippen molar-refractivity contribution < 1.29 is 0 Å². The van der Waals surface area contributed by atoms with Crippen molar-refractivity contribution in [2.75, 3.05) is 0 Å². The minimum atomic E-state index is 0.399. The molecule has 12 heavy (non-hydrogen) atoms. The van der Waals surface area contributed by atoms with Gasteiger partial charge in [0.1, 0.15) is 0 Å². The molecule has 4 heteroatoms. The van der Waals surface area contributed by atoms with Gasteiger partial charge in [0.2, 0.25) is 0 Å². The van der Waals surface area contributed by atoms with Crippen molar-refractivity contribution in [3.05, 3.63) is 20.8 Å². The summed E-state index contributed by atoms with van der Waals surface area (Å²) in [7, 11) is 0. The smallest absolute Gasteiger partial charge is 0.0701 e. The quantitative estimate of drug-likeness (QED) is 0.634. The highest BCUT2D eigenvalue weighted by molar-refractivity contribution is 9.11. The Morgan fingerprint density at radius 1 is 1.67 bits per heavy atom. The lowest BCUT2D eigenvalue weighted by Crippen LogP contribution is -2.35. The first kappa shape index (κ1) is 10.2. The van der Waals surface area contributed by atoms with E-state index < -0.39 is 0 Å². The standard InChI is InChI=1S/C8H13BrN2S/c1-2-6(11-10)5-7-3-4-8(9)12-7/h3-4,6,11H,2,5,10H2,1H3. The predicted octanol–water partition coefficient (Wildman–Crippen LogP) is 2.29. The third kappa shape index (κ3) is 2.86. The molecule has 3 N–H and O–H groups in total. The van der Waals surface area contributed by atoms with E-state index in [9.17, 15) is 0 Å². The van der Waals surface area contributed by atoms with Crippen molar-refractivity contribution in [2.45, 2.75) is 25.8 Å². The summed E-state index contributed by atoms with van der Waals surface area (Å²) in [6, 6.07) is 4.60. The summed E-state index contributed by atoms with van der Waals surface area (Å²) in [4.78, 5) is 1.37. The van der Waals surface area contributed by atoms with Crippen LogP contribution in [0, 0.1) is 0 Å². The molecule has 0 aliphatic carbocycles. The Labute approximate surface area is 85.3 Å². The number of halogens is 1. The Balaban J connectivity index is 2.50. The van der Waals surface area contributed by atoms with Crippen LogP contribution in [0.15, 0.2) is 15.9 Å². The lowest BCUT2D eigenvalue weighted by Gasteiger charge is -2.11. The SMILES string of the molecule is CCC(Cc1ccc(Br)s1)NN. The molecular formula is C8H13BrN2S. The summed E-state index contributed by atoms with van der Waals surface area (Å²) in [6.45, 7) is 2.13. The van der Waals surface area contributed by atoms with E-state index in [1.807, 2.05) is 0 Å². The van der Waals surface area contributed by atoms with E-state index >= 15 is 0 Å². The summed E-state index contributed by atoms with van der Waals surface area (Å²) in [6.07, 6.45) is 2.08. The maximum atomic E-state index is 5.38. The van der Waals surface area contributed by atoms with E-state index in [0.717, 1.165) is 12.8 Å². The zero-order valence-corrected chi connectivity index (χ0v) is 9.41. The van der Waals surface area contributed by atoms with Crippen molar-refractivity contribution in [3.63, 3.8) is 0 Å². The Morgan fingerprint density at radius 2 is 2.42 bits per heavy atom. The van der Waals surface area contributed by atoms with Crippen molar-refractivity contribution in [2.24, 2.45) is 5.84 Å². The van der Waals surface area contributed by atoms with Crippen LogP contribution in [0.2, 0.25) is 0 Å². The van der Waals surface area contributed by atoms with Crippen LogP contribution in [-0.2, 0) is 6.42 Å². The van der Waals surface area contributed by atoms with Crippen LogP contribution in [0.4, 0.5) is 0 Å². The molecule has 1 aromatic heterocycles. The second-order valence-electron chi connectivity index (χ2n) is 2.68. The first-order chi connectivity index (χ1) is 5.76. The summed E-state index contributed by atoms with van der Waals surface area (Å²) in [5, 5.41) is 0. The second-order valence-corrected chi connectivity index (χ2v) is 5.23. The predicted molar refractivity (Wildman–Crippen MR) is 57.1 cm³/mol. The normalized spacial score (nSPS) is 13.2. The molecule has 0 bridgehead atoms. The van der Waals surface area contributed by atoms with Crippen LogP contribution in [0.1, 0.15) is 18.2 Å². The number of hydrogen-bond acceptors (Lipinski definition) is 3. The highest BCUT2D eigenvalue weighted by atomic mass is 79.9. The molecule has 68 valence electrons. The molecule has 1 atom stereocenters. The van der Waals surface area contributed by atoms with E-state index in [-0.39, 0.29) is 0 Å². The van der Waals surface area contributed by atoms with Gasteiger partial charge in [-0.15, -0.1) is 11.3 Å². The van der Waals surface area contributed by atoms with Gasteiger partial charge in [-0.25, -0.2) is 0 Å². The third-order valence-corrected chi connectivity index (χ3v) is 3.45. The van der Waals surface area contributed by atoms with E-state index in [1.54, 1.807) is 11.3 Å². The lowest BCUT2D eigenvalue weighted by atomic mass is 10.1. The van der Waals surface area contributed by atoms with E-state index in [1.165, 1.54) is 8.66 Å². The van der Waals surface area contributed by atoms with Gasteiger partial charge in [0, 0.05) is 10.9 Å². The van der Waals surface area contributed by atoms with E-state index in [4.69, 9.17) is 5.84 Å². The molecule has 1 rings (SSSR count). The van der Waals surface area contributed by atoms with Crippen molar-refractivity contribution >= 4 is 27.3 Å².